The van der Waals surface area contributed by atoms with Gasteiger partial charge in [0.15, 0.2) is 0 Å². The van der Waals surface area contributed by atoms with Gasteiger partial charge in [-0.1, -0.05) is 32.6 Å². The second kappa shape index (κ2) is 7.22. The number of carbonyl (C=O) groups excluding carboxylic acids is 1. The summed E-state index contributed by atoms with van der Waals surface area (Å²) in [5, 5.41) is 12.7. The van der Waals surface area contributed by atoms with Crippen LogP contribution in [-0.2, 0) is 4.79 Å². The first kappa shape index (κ1) is 16.9. The number of aromatic nitrogens is 1. The summed E-state index contributed by atoms with van der Waals surface area (Å²) in [7, 11) is 0. The fraction of sp³-hybridized carbons (Fsp3) is 0.688. The van der Waals surface area contributed by atoms with Gasteiger partial charge in [-0.05, 0) is 26.2 Å². The third-order valence-corrected chi connectivity index (χ3v) is 5.67. The zero-order valence-corrected chi connectivity index (χ0v) is 14.2. The summed E-state index contributed by atoms with van der Waals surface area (Å²) in [4.78, 5) is 27.9. The SMILES string of the molecule is Cc1nc(C(C)NC(=O)C(C)CC2CCCC2)sc1C(=O)O. The molecule has 1 aliphatic carbocycles. The Morgan fingerprint density at radius 1 is 1.36 bits per heavy atom. The van der Waals surface area contributed by atoms with Crippen LogP contribution >= 0.6 is 11.3 Å². The van der Waals surface area contributed by atoms with Crippen molar-refractivity contribution in [1.29, 1.82) is 0 Å². The Kier molecular flexibility index (Phi) is 5.56. The topological polar surface area (TPSA) is 79.3 Å². The molecule has 1 aromatic heterocycles. The van der Waals surface area contributed by atoms with Crippen molar-refractivity contribution >= 4 is 23.2 Å². The first-order chi connectivity index (χ1) is 10.4. The van der Waals surface area contributed by atoms with E-state index < -0.39 is 5.97 Å². The minimum Gasteiger partial charge on any atom is -0.477 e. The zero-order valence-electron chi connectivity index (χ0n) is 13.4. The van der Waals surface area contributed by atoms with Crippen LogP contribution in [-0.4, -0.2) is 22.0 Å². The first-order valence-corrected chi connectivity index (χ1v) is 8.71. The molecule has 5 nitrogen and oxygen atoms in total. The van der Waals surface area contributed by atoms with E-state index in [0.29, 0.717) is 16.6 Å². The molecular weight excluding hydrogens is 300 g/mol. The number of hydrogen-bond donors (Lipinski definition) is 2. The molecule has 0 aromatic carbocycles. The molecular formula is C16H24N2O3S. The lowest BCUT2D eigenvalue weighted by molar-refractivity contribution is -0.125. The summed E-state index contributed by atoms with van der Waals surface area (Å²) in [6, 6.07) is -0.254. The maximum atomic E-state index is 12.3. The Morgan fingerprint density at radius 3 is 2.55 bits per heavy atom. The minimum absolute atomic E-state index is 0.00875. The van der Waals surface area contributed by atoms with E-state index in [9.17, 15) is 9.59 Å². The van der Waals surface area contributed by atoms with Crippen molar-refractivity contribution < 1.29 is 14.7 Å². The number of carboxylic acids is 1. The second-order valence-corrected chi connectivity index (χ2v) is 7.32. The molecule has 0 saturated heterocycles. The second-order valence-electron chi connectivity index (χ2n) is 6.29. The number of carboxylic acid groups (broad SMARTS) is 1. The number of hydrogen-bond acceptors (Lipinski definition) is 4. The molecule has 6 heteroatoms. The predicted molar refractivity (Wildman–Crippen MR) is 86.1 cm³/mol. The molecule has 1 aromatic rings. The van der Waals surface area contributed by atoms with Gasteiger partial charge >= 0.3 is 5.97 Å². The van der Waals surface area contributed by atoms with Crippen molar-refractivity contribution in [3.63, 3.8) is 0 Å². The fourth-order valence-electron chi connectivity index (χ4n) is 3.07. The molecule has 0 radical (unpaired) electrons. The first-order valence-electron chi connectivity index (χ1n) is 7.89. The Bertz CT molecular complexity index is 550. The van der Waals surface area contributed by atoms with Gasteiger partial charge in [-0.25, -0.2) is 9.78 Å². The summed E-state index contributed by atoms with van der Waals surface area (Å²) in [5.74, 6) is -0.263. The molecule has 122 valence electrons. The Labute approximate surface area is 135 Å². The van der Waals surface area contributed by atoms with E-state index in [2.05, 4.69) is 10.3 Å². The molecule has 22 heavy (non-hydrogen) atoms. The average Bonchev–Trinajstić information content (AvgIpc) is 3.07. The van der Waals surface area contributed by atoms with Gasteiger partial charge in [-0.3, -0.25) is 4.79 Å². The monoisotopic (exact) mass is 324 g/mol. The highest BCUT2D eigenvalue weighted by atomic mass is 32.1. The molecule has 1 heterocycles. The van der Waals surface area contributed by atoms with Crippen LogP contribution in [0, 0.1) is 18.8 Å². The van der Waals surface area contributed by atoms with Gasteiger partial charge < -0.3 is 10.4 Å². The van der Waals surface area contributed by atoms with E-state index in [-0.39, 0.29) is 22.7 Å². The quantitative estimate of drug-likeness (QED) is 0.839. The third-order valence-electron chi connectivity index (χ3n) is 4.35. The molecule has 1 fully saturated rings. The molecule has 2 atom stereocenters. The zero-order chi connectivity index (χ0) is 16.3. The lowest BCUT2D eigenvalue weighted by atomic mass is 9.94. The number of rotatable bonds is 6. The van der Waals surface area contributed by atoms with Crippen LogP contribution in [0.2, 0.25) is 0 Å². The maximum absolute atomic E-state index is 12.3. The normalized spacial score (nSPS) is 18.1. The largest absolute Gasteiger partial charge is 0.477 e. The molecule has 1 amide bonds. The maximum Gasteiger partial charge on any atom is 0.347 e. The van der Waals surface area contributed by atoms with Crippen LogP contribution < -0.4 is 5.32 Å². The number of aryl methyl sites for hydroxylation is 1. The molecule has 1 saturated carbocycles. The Hall–Kier alpha value is -1.43. The summed E-state index contributed by atoms with van der Waals surface area (Å²) in [6.45, 7) is 5.50. The molecule has 1 aliphatic rings. The summed E-state index contributed by atoms with van der Waals surface area (Å²) in [6.07, 6.45) is 5.98. The summed E-state index contributed by atoms with van der Waals surface area (Å²) < 4.78 is 0. The molecule has 2 N–H and O–H groups in total. The molecule has 0 aliphatic heterocycles. The summed E-state index contributed by atoms with van der Waals surface area (Å²) in [5.41, 5.74) is 0.507. The van der Waals surface area contributed by atoms with Crippen molar-refractivity contribution in [3.05, 3.63) is 15.6 Å². The smallest absolute Gasteiger partial charge is 0.347 e. The Balaban J connectivity index is 1.92. The van der Waals surface area contributed by atoms with E-state index in [0.717, 1.165) is 17.8 Å². The lowest BCUT2D eigenvalue weighted by Gasteiger charge is -2.18. The fourth-order valence-corrected chi connectivity index (χ4v) is 3.98. The highest BCUT2D eigenvalue weighted by Gasteiger charge is 2.24. The molecule has 2 unspecified atom stereocenters. The number of nitrogens with zero attached hydrogens (tertiary/aromatic N) is 1. The van der Waals surface area contributed by atoms with E-state index in [4.69, 9.17) is 5.11 Å². The third kappa shape index (κ3) is 4.06. The number of amides is 1. The van der Waals surface area contributed by atoms with E-state index in [1.54, 1.807) is 6.92 Å². The van der Waals surface area contributed by atoms with E-state index in [1.165, 1.54) is 25.7 Å². The molecule has 0 bridgehead atoms. The van der Waals surface area contributed by atoms with Crippen LogP contribution in [0.25, 0.3) is 0 Å². The van der Waals surface area contributed by atoms with Crippen LogP contribution in [0.5, 0.6) is 0 Å². The van der Waals surface area contributed by atoms with Gasteiger partial charge in [0.05, 0.1) is 11.7 Å². The van der Waals surface area contributed by atoms with Gasteiger partial charge in [0.1, 0.15) is 9.88 Å². The standard InChI is InChI=1S/C16H24N2O3S/c1-9(8-12-6-4-5-7-12)14(19)17-11(3)15-18-10(2)13(22-15)16(20)21/h9,11-12H,4-8H2,1-3H3,(H,17,19)(H,20,21). The number of aromatic carboxylic acids is 1. The molecule has 2 rings (SSSR count). The number of nitrogens with one attached hydrogen (secondary N) is 1. The van der Waals surface area contributed by atoms with Gasteiger partial charge in [-0.2, -0.15) is 0 Å². The number of thiazole rings is 1. The van der Waals surface area contributed by atoms with Gasteiger partial charge in [-0.15, -0.1) is 11.3 Å². The van der Waals surface area contributed by atoms with E-state index in [1.807, 2.05) is 13.8 Å². The van der Waals surface area contributed by atoms with Crippen LogP contribution in [0.15, 0.2) is 0 Å². The van der Waals surface area contributed by atoms with Gasteiger partial charge in [0.2, 0.25) is 5.91 Å². The van der Waals surface area contributed by atoms with Crippen molar-refractivity contribution in [2.45, 2.75) is 58.9 Å². The highest BCUT2D eigenvalue weighted by Crippen LogP contribution is 2.30. The summed E-state index contributed by atoms with van der Waals surface area (Å²) >= 11 is 1.14. The van der Waals surface area contributed by atoms with Crippen LogP contribution in [0.4, 0.5) is 0 Å². The van der Waals surface area contributed by atoms with Crippen molar-refractivity contribution in [1.82, 2.24) is 10.3 Å². The van der Waals surface area contributed by atoms with Crippen molar-refractivity contribution in [3.8, 4) is 0 Å². The van der Waals surface area contributed by atoms with Crippen LogP contribution in [0.3, 0.4) is 0 Å². The predicted octanol–water partition coefficient (Wildman–Crippen LogP) is 3.54. The number of carbonyl (C=O) groups is 2. The Morgan fingerprint density at radius 2 is 2.00 bits per heavy atom. The van der Waals surface area contributed by atoms with Crippen molar-refractivity contribution in [2.75, 3.05) is 0 Å². The minimum atomic E-state index is -0.964. The van der Waals surface area contributed by atoms with E-state index >= 15 is 0 Å². The van der Waals surface area contributed by atoms with Gasteiger partial charge in [0.25, 0.3) is 0 Å². The van der Waals surface area contributed by atoms with Gasteiger partial charge in [0, 0.05) is 5.92 Å². The van der Waals surface area contributed by atoms with Crippen LogP contribution in [0.1, 0.15) is 72.4 Å². The highest BCUT2D eigenvalue weighted by molar-refractivity contribution is 7.13. The molecule has 0 spiro atoms. The average molecular weight is 324 g/mol. The van der Waals surface area contributed by atoms with Crippen molar-refractivity contribution in [2.24, 2.45) is 11.8 Å². The lowest BCUT2D eigenvalue weighted by Crippen LogP contribution is -2.32.